The third-order valence-corrected chi connectivity index (χ3v) is 4.01. The van der Waals surface area contributed by atoms with Gasteiger partial charge in [0, 0.05) is 23.0 Å². The molecule has 0 bridgehead atoms. The van der Waals surface area contributed by atoms with Crippen LogP contribution < -0.4 is 5.32 Å². The third-order valence-electron chi connectivity index (χ3n) is 3.37. The van der Waals surface area contributed by atoms with Crippen molar-refractivity contribution in [1.82, 2.24) is 0 Å². The molecule has 0 amide bonds. The Labute approximate surface area is 130 Å². The fourth-order valence-corrected chi connectivity index (χ4v) is 2.54. The smallest absolute Gasteiger partial charge is 0.137 e. The van der Waals surface area contributed by atoms with Crippen molar-refractivity contribution in [2.45, 2.75) is 6.54 Å². The topological polar surface area (TPSA) is 32.3 Å². The number of fused-ring (bicyclic) bond motifs is 1. The van der Waals surface area contributed by atoms with Crippen LogP contribution in [-0.2, 0) is 6.54 Å². The summed E-state index contributed by atoms with van der Waals surface area (Å²) in [6, 6.07) is 16.2. The first kappa shape index (κ1) is 13.9. The lowest BCUT2D eigenvalue weighted by Gasteiger charge is -2.11. The van der Waals surface area contributed by atoms with Crippen LogP contribution in [-0.4, -0.2) is 5.11 Å². The third kappa shape index (κ3) is 2.85. The number of nitrogens with one attached hydrogen (secondary N) is 1. The van der Waals surface area contributed by atoms with Crippen molar-refractivity contribution >= 4 is 32.4 Å². The molecule has 3 aromatic rings. The molecular formula is C17H13BrFNO. The largest absolute Gasteiger partial charge is 0.507 e. The second kappa shape index (κ2) is 5.74. The molecule has 0 aromatic heterocycles. The minimum atomic E-state index is -0.273. The summed E-state index contributed by atoms with van der Waals surface area (Å²) in [6.07, 6.45) is 0. The van der Waals surface area contributed by atoms with Crippen LogP contribution in [0, 0.1) is 5.82 Å². The molecule has 0 spiro atoms. The van der Waals surface area contributed by atoms with E-state index in [1.54, 1.807) is 12.1 Å². The average molecular weight is 346 g/mol. The number of rotatable bonds is 3. The van der Waals surface area contributed by atoms with E-state index in [1.807, 2.05) is 36.4 Å². The molecule has 3 rings (SSSR count). The SMILES string of the molecule is Oc1cccc2c(NCc3ccc(Br)c(F)c3)cccc12. The van der Waals surface area contributed by atoms with Gasteiger partial charge in [0.05, 0.1) is 4.47 Å². The van der Waals surface area contributed by atoms with Crippen LogP contribution in [0.3, 0.4) is 0 Å². The first-order chi connectivity index (χ1) is 10.1. The number of hydrogen-bond donors (Lipinski definition) is 2. The highest BCUT2D eigenvalue weighted by atomic mass is 79.9. The van der Waals surface area contributed by atoms with Crippen LogP contribution in [0.15, 0.2) is 59.1 Å². The highest BCUT2D eigenvalue weighted by molar-refractivity contribution is 9.10. The molecule has 0 heterocycles. The van der Waals surface area contributed by atoms with Gasteiger partial charge in [-0.05, 0) is 45.8 Å². The first-order valence-electron chi connectivity index (χ1n) is 6.53. The quantitative estimate of drug-likeness (QED) is 0.695. The molecule has 0 aliphatic carbocycles. The minimum Gasteiger partial charge on any atom is -0.507 e. The zero-order chi connectivity index (χ0) is 14.8. The molecule has 0 aliphatic heterocycles. The van der Waals surface area contributed by atoms with E-state index < -0.39 is 0 Å². The first-order valence-corrected chi connectivity index (χ1v) is 7.33. The summed E-state index contributed by atoms with van der Waals surface area (Å²) in [5.74, 6) is -0.0179. The number of phenolic OH excluding ortho intramolecular Hbond substituents is 1. The lowest BCUT2D eigenvalue weighted by atomic mass is 10.1. The fraction of sp³-hybridized carbons (Fsp3) is 0.0588. The maximum atomic E-state index is 13.5. The molecule has 0 aliphatic rings. The molecule has 2 N–H and O–H groups in total. The van der Waals surface area contributed by atoms with Crippen LogP contribution in [0.25, 0.3) is 10.8 Å². The Balaban J connectivity index is 1.88. The van der Waals surface area contributed by atoms with Gasteiger partial charge >= 0.3 is 0 Å². The molecule has 2 nitrogen and oxygen atoms in total. The summed E-state index contributed by atoms with van der Waals surface area (Å²) in [7, 11) is 0. The summed E-state index contributed by atoms with van der Waals surface area (Å²) in [5, 5.41) is 14.9. The fourth-order valence-electron chi connectivity index (χ4n) is 2.29. The molecule has 0 atom stereocenters. The van der Waals surface area contributed by atoms with E-state index >= 15 is 0 Å². The maximum Gasteiger partial charge on any atom is 0.137 e. The Morgan fingerprint density at radius 3 is 2.57 bits per heavy atom. The predicted molar refractivity (Wildman–Crippen MR) is 87.0 cm³/mol. The Hall–Kier alpha value is -2.07. The number of anilines is 1. The van der Waals surface area contributed by atoms with Gasteiger partial charge in [0.15, 0.2) is 0 Å². The van der Waals surface area contributed by atoms with E-state index in [9.17, 15) is 9.50 Å². The van der Waals surface area contributed by atoms with Crippen molar-refractivity contribution in [3.63, 3.8) is 0 Å². The van der Waals surface area contributed by atoms with Crippen molar-refractivity contribution in [1.29, 1.82) is 0 Å². The lowest BCUT2D eigenvalue weighted by Crippen LogP contribution is -2.00. The van der Waals surface area contributed by atoms with Crippen molar-refractivity contribution < 1.29 is 9.50 Å². The van der Waals surface area contributed by atoms with Gasteiger partial charge in [-0.2, -0.15) is 0 Å². The van der Waals surface area contributed by atoms with Crippen molar-refractivity contribution in [2.75, 3.05) is 5.32 Å². The molecule has 0 unspecified atom stereocenters. The van der Waals surface area contributed by atoms with Crippen molar-refractivity contribution in [2.24, 2.45) is 0 Å². The van der Waals surface area contributed by atoms with Gasteiger partial charge in [-0.3, -0.25) is 0 Å². The molecule has 3 aromatic carbocycles. The molecule has 0 saturated carbocycles. The monoisotopic (exact) mass is 345 g/mol. The lowest BCUT2D eigenvalue weighted by molar-refractivity contribution is 0.481. The predicted octanol–water partition coefficient (Wildman–Crippen LogP) is 5.06. The minimum absolute atomic E-state index is 0.255. The van der Waals surface area contributed by atoms with Crippen LogP contribution in [0.1, 0.15) is 5.56 Å². The van der Waals surface area contributed by atoms with E-state index in [1.165, 1.54) is 6.07 Å². The Morgan fingerprint density at radius 2 is 1.76 bits per heavy atom. The van der Waals surface area contributed by atoms with Crippen LogP contribution in [0.4, 0.5) is 10.1 Å². The van der Waals surface area contributed by atoms with Gasteiger partial charge in [0.25, 0.3) is 0 Å². The zero-order valence-electron chi connectivity index (χ0n) is 11.1. The Morgan fingerprint density at radius 1 is 1.00 bits per heavy atom. The average Bonchev–Trinajstić information content (AvgIpc) is 2.49. The second-order valence-electron chi connectivity index (χ2n) is 4.78. The van der Waals surface area contributed by atoms with Crippen molar-refractivity contribution in [3.8, 4) is 5.75 Å². The molecule has 0 fully saturated rings. The summed E-state index contributed by atoms with van der Waals surface area (Å²) >= 11 is 3.14. The molecule has 106 valence electrons. The molecule has 0 radical (unpaired) electrons. The molecule has 0 saturated heterocycles. The number of benzene rings is 3. The Kier molecular flexibility index (Phi) is 3.80. The summed E-state index contributed by atoms with van der Waals surface area (Å²) in [6.45, 7) is 0.513. The van der Waals surface area contributed by atoms with E-state index in [0.29, 0.717) is 11.0 Å². The van der Waals surface area contributed by atoms with Crippen LogP contribution >= 0.6 is 15.9 Å². The number of halogens is 2. The molecule has 21 heavy (non-hydrogen) atoms. The Bertz CT molecular complexity index is 804. The molecule has 4 heteroatoms. The summed E-state index contributed by atoms with van der Waals surface area (Å²) < 4.78 is 14.0. The number of hydrogen-bond acceptors (Lipinski definition) is 2. The maximum absolute atomic E-state index is 13.5. The zero-order valence-corrected chi connectivity index (χ0v) is 12.7. The van der Waals surface area contributed by atoms with Gasteiger partial charge in [-0.15, -0.1) is 0 Å². The van der Waals surface area contributed by atoms with Gasteiger partial charge in [-0.25, -0.2) is 4.39 Å². The standard InChI is InChI=1S/C17H13BrFNO/c18-14-8-7-11(9-15(14)19)10-20-16-5-1-4-13-12(16)3-2-6-17(13)21/h1-9,20-21H,10H2. The second-order valence-corrected chi connectivity index (χ2v) is 5.63. The summed E-state index contributed by atoms with van der Waals surface area (Å²) in [4.78, 5) is 0. The normalized spacial score (nSPS) is 10.8. The number of aromatic hydroxyl groups is 1. The van der Waals surface area contributed by atoms with Crippen LogP contribution in [0.5, 0.6) is 5.75 Å². The van der Waals surface area contributed by atoms with Crippen molar-refractivity contribution in [3.05, 3.63) is 70.5 Å². The number of phenols is 1. The van der Waals surface area contributed by atoms with E-state index in [0.717, 1.165) is 22.0 Å². The van der Waals surface area contributed by atoms with Gasteiger partial charge < -0.3 is 10.4 Å². The van der Waals surface area contributed by atoms with E-state index in [-0.39, 0.29) is 11.6 Å². The van der Waals surface area contributed by atoms with E-state index in [4.69, 9.17) is 0 Å². The van der Waals surface area contributed by atoms with Crippen LogP contribution in [0.2, 0.25) is 0 Å². The van der Waals surface area contributed by atoms with Gasteiger partial charge in [0.1, 0.15) is 11.6 Å². The molecular weight excluding hydrogens is 333 g/mol. The highest BCUT2D eigenvalue weighted by Gasteiger charge is 2.05. The van der Waals surface area contributed by atoms with E-state index in [2.05, 4.69) is 21.2 Å². The summed E-state index contributed by atoms with van der Waals surface area (Å²) in [5.41, 5.74) is 1.76. The highest BCUT2D eigenvalue weighted by Crippen LogP contribution is 2.30. The van der Waals surface area contributed by atoms with Gasteiger partial charge in [0.2, 0.25) is 0 Å². The van der Waals surface area contributed by atoms with Gasteiger partial charge in [-0.1, -0.05) is 30.3 Å².